The predicted octanol–water partition coefficient (Wildman–Crippen LogP) is 3.88. The summed E-state index contributed by atoms with van der Waals surface area (Å²) < 4.78 is 5.29. The van der Waals surface area contributed by atoms with Gasteiger partial charge in [0.15, 0.2) is 5.13 Å². The molecule has 0 atom stereocenters. The third kappa shape index (κ3) is 3.89. The number of nitrogens with one attached hydrogen (secondary N) is 2. The number of nitrogens with zero attached hydrogens (tertiary/aromatic N) is 1. The summed E-state index contributed by atoms with van der Waals surface area (Å²) in [5.41, 5.74) is 4.57. The van der Waals surface area contributed by atoms with Gasteiger partial charge in [0.1, 0.15) is 5.75 Å². The van der Waals surface area contributed by atoms with Crippen LogP contribution in [0.2, 0.25) is 0 Å². The molecule has 2 amide bonds. The van der Waals surface area contributed by atoms with Crippen LogP contribution >= 0.6 is 11.3 Å². The van der Waals surface area contributed by atoms with E-state index in [1.807, 2.05) is 47.8 Å². The maximum Gasteiger partial charge on any atom is 0.230 e. The van der Waals surface area contributed by atoms with E-state index in [1.54, 1.807) is 7.11 Å². The molecule has 142 valence electrons. The standard InChI is InChI=1S/C21H19N3O3S/c1-27-18-5-3-2-4-15(18)11-20(26)24-21-23-17(12-28-21)14-6-8-16-13(10-14)7-9-19(25)22-16/h2-6,8,10,12H,7,9,11H2,1H3,(H,22,25)(H,23,24,26). The minimum atomic E-state index is -0.140. The fourth-order valence-electron chi connectivity index (χ4n) is 3.19. The molecule has 1 aromatic heterocycles. The molecule has 0 saturated heterocycles. The first-order valence-corrected chi connectivity index (χ1v) is 9.81. The number of ether oxygens (including phenoxy) is 1. The Bertz CT molecular complexity index is 1040. The molecule has 6 nitrogen and oxygen atoms in total. The lowest BCUT2D eigenvalue weighted by Gasteiger charge is -2.17. The maximum atomic E-state index is 12.4. The van der Waals surface area contributed by atoms with E-state index in [1.165, 1.54) is 11.3 Å². The highest BCUT2D eigenvalue weighted by molar-refractivity contribution is 7.14. The number of amides is 2. The lowest BCUT2D eigenvalue weighted by atomic mass is 9.99. The van der Waals surface area contributed by atoms with Gasteiger partial charge < -0.3 is 15.4 Å². The first-order valence-electron chi connectivity index (χ1n) is 8.93. The number of hydrogen-bond acceptors (Lipinski definition) is 5. The summed E-state index contributed by atoms with van der Waals surface area (Å²) in [6, 6.07) is 13.3. The van der Waals surface area contributed by atoms with Crippen molar-refractivity contribution in [3.05, 3.63) is 59.0 Å². The van der Waals surface area contributed by atoms with Gasteiger partial charge in [-0.15, -0.1) is 11.3 Å². The van der Waals surface area contributed by atoms with Crippen molar-refractivity contribution in [1.82, 2.24) is 4.98 Å². The van der Waals surface area contributed by atoms with Crippen LogP contribution in [0.1, 0.15) is 17.5 Å². The van der Waals surface area contributed by atoms with E-state index in [0.717, 1.165) is 34.5 Å². The monoisotopic (exact) mass is 393 g/mol. The third-order valence-electron chi connectivity index (χ3n) is 4.59. The van der Waals surface area contributed by atoms with Gasteiger partial charge in [0.2, 0.25) is 11.8 Å². The zero-order valence-electron chi connectivity index (χ0n) is 15.3. The van der Waals surface area contributed by atoms with E-state index in [0.29, 0.717) is 17.3 Å². The van der Waals surface area contributed by atoms with Crippen LogP contribution in [0.25, 0.3) is 11.3 Å². The SMILES string of the molecule is COc1ccccc1CC(=O)Nc1nc(-c2ccc3c(c2)CCC(=O)N3)cs1. The van der Waals surface area contributed by atoms with Crippen molar-refractivity contribution in [2.24, 2.45) is 0 Å². The van der Waals surface area contributed by atoms with Crippen LogP contribution in [-0.4, -0.2) is 23.9 Å². The molecule has 0 bridgehead atoms. The van der Waals surface area contributed by atoms with Gasteiger partial charge in [0.25, 0.3) is 0 Å². The fraction of sp³-hybridized carbons (Fsp3) is 0.190. The number of fused-ring (bicyclic) bond motifs is 1. The minimum absolute atomic E-state index is 0.0500. The molecular formula is C21H19N3O3S. The Balaban J connectivity index is 1.46. The summed E-state index contributed by atoms with van der Waals surface area (Å²) in [5, 5.41) is 8.21. The van der Waals surface area contributed by atoms with Gasteiger partial charge in [-0.25, -0.2) is 4.98 Å². The average Bonchev–Trinajstić information content (AvgIpc) is 3.16. The number of rotatable bonds is 5. The molecule has 4 rings (SSSR count). The second kappa shape index (κ2) is 7.82. The summed E-state index contributed by atoms with van der Waals surface area (Å²) in [6.45, 7) is 0. The molecule has 0 fully saturated rings. The molecule has 28 heavy (non-hydrogen) atoms. The van der Waals surface area contributed by atoms with Crippen LogP contribution in [0.15, 0.2) is 47.8 Å². The highest BCUT2D eigenvalue weighted by atomic mass is 32.1. The highest BCUT2D eigenvalue weighted by Gasteiger charge is 2.16. The Labute approximate surface area is 166 Å². The molecular weight excluding hydrogens is 374 g/mol. The summed E-state index contributed by atoms with van der Waals surface area (Å²) in [4.78, 5) is 28.4. The van der Waals surface area contributed by atoms with Crippen molar-refractivity contribution in [3.63, 3.8) is 0 Å². The molecule has 0 unspecified atom stereocenters. The summed E-state index contributed by atoms with van der Waals surface area (Å²) in [6.07, 6.45) is 1.44. The fourth-order valence-corrected chi connectivity index (χ4v) is 3.93. The molecule has 0 saturated carbocycles. The zero-order chi connectivity index (χ0) is 19.5. The Morgan fingerprint density at radius 1 is 1.25 bits per heavy atom. The Morgan fingerprint density at radius 2 is 2.11 bits per heavy atom. The smallest absolute Gasteiger partial charge is 0.230 e. The molecule has 2 heterocycles. The summed E-state index contributed by atoms with van der Waals surface area (Å²) in [7, 11) is 1.59. The van der Waals surface area contributed by atoms with Crippen LogP contribution in [0.4, 0.5) is 10.8 Å². The summed E-state index contributed by atoms with van der Waals surface area (Å²) in [5.74, 6) is 0.603. The van der Waals surface area contributed by atoms with Gasteiger partial charge in [-0.2, -0.15) is 0 Å². The van der Waals surface area contributed by atoms with E-state index in [9.17, 15) is 9.59 Å². The van der Waals surface area contributed by atoms with Gasteiger partial charge in [-0.1, -0.05) is 24.3 Å². The predicted molar refractivity (Wildman–Crippen MR) is 110 cm³/mol. The number of para-hydroxylation sites is 1. The molecule has 0 spiro atoms. The molecule has 0 aliphatic carbocycles. The maximum absolute atomic E-state index is 12.4. The van der Waals surface area contributed by atoms with Crippen LogP contribution in [-0.2, 0) is 22.4 Å². The van der Waals surface area contributed by atoms with Gasteiger partial charge in [-0.05, 0) is 30.2 Å². The Kier molecular flexibility index (Phi) is 5.08. The number of hydrogen-bond donors (Lipinski definition) is 2. The Morgan fingerprint density at radius 3 is 2.96 bits per heavy atom. The van der Waals surface area contributed by atoms with Crippen molar-refractivity contribution in [2.45, 2.75) is 19.3 Å². The van der Waals surface area contributed by atoms with Crippen molar-refractivity contribution in [2.75, 3.05) is 17.7 Å². The van der Waals surface area contributed by atoms with Crippen LogP contribution in [0.5, 0.6) is 5.75 Å². The lowest BCUT2D eigenvalue weighted by Crippen LogP contribution is -2.18. The Hall–Kier alpha value is -3.19. The number of aromatic nitrogens is 1. The highest BCUT2D eigenvalue weighted by Crippen LogP contribution is 2.30. The molecule has 7 heteroatoms. The molecule has 3 aromatic rings. The second-order valence-corrected chi connectivity index (χ2v) is 7.35. The van der Waals surface area contributed by atoms with E-state index >= 15 is 0 Å². The van der Waals surface area contributed by atoms with Crippen LogP contribution < -0.4 is 15.4 Å². The van der Waals surface area contributed by atoms with Crippen LogP contribution in [0.3, 0.4) is 0 Å². The topological polar surface area (TPSA) is 80.3 Å². The van der Waals surface area contributed by atoms with E-state index < -0.39 is 0 Å². The van der Waals surface area contributed by atoms with Crippen LogP contribution in [0, 0.1) is 0 Å². The number of carbonyl (C=O) groups excluding carboxylic acids is 2. The van der Waals surface area contributed by atoms with Gasteiger partial charge in [-0.3, -0.25) is 9.59 Å². The third-order valence-corrected chi connectivity index (χ3v) is 5.35. The normalized spacial score (nSPS) is 12.8. The van der Waals surface area contributed by atoms with Crippen molar-refractivity contribution >= 4 is 34.0 Å². The number of thiazole rings is 1. The second-order valence-electron chi connectivity index (χ2n) is 6.49. The van der Waals surface area contributed by atoms with E-state index in [-0.39, 0.29) is 18.2 Å². The number of methoxy groups -OCH3 is 1. The number of benzene rings is 2. The molecule has 2 aromatic carbocycles. The summed E-state index contributed by atoms with van der Waals surface area (Å²) >= 11 is 1.39. The molecule has 1 aliphatic rings. The lowest BCUT2D eigenvalue weighted by molar-refractivity contribution is -0.116. The quantitative estimate of drug-likeness (QED) is 0.689. The molecule has 1 aliphatic heterocycles. The van der Waals surface area contributed by atoms with E-state index in [4.69, 9.17) is 4.74 Å². The first kappa shape index (κ1) is 18.2. The van der Waals surface area contributed by atoms with Crippen molar-refractivity contribution < 1.29 is 14.3 Å². The van der Waals surface area contributed by atoms with Gasteiger partial charge in [0, 0.05) is 28.6 Å². The minimum Gasteiger partial charge on any atom is -0.496 e. The zero-order valence-corrected chi connectivity index (χ0v) is 16.1. The number of aryl methyl sites for hydroxylation is 1. The number of carbonyl (C=O) groups is 2. The van der Waals surface area contributed by atoms with Gasteiger partial charge >= 0.3 is 0 Å². The van der Waals surface area contributed by atoms with Crippen molar-refractivity contribution in [3.8, 4) is 17.0 Å². The average molecular weight is 393 g/mol. The largest absolute Gasteiger partial charge is 0.496 e. The van der Waals surface area contributed by atoms with E-state index in [2.05, 4.69) is 15.6 Å². The molecule has 0 radical (unpaired) electrons. The van der Waals surface area contributed by atoms with Gasteiger partial charge in [0.05, 0.1) is 19.2 Å². The first-order chi connectivity index (χ1) is 13.6. The molecule has 2 N–H and O–H groups in total. The van der Waals surface area contributed by atoms with Crippen molar-refractivity contribution in [1.29, 1.82) is 0 Å². The number of anilines is 2.